The van der Waals surface area contributed by atoms with Crippen molar-refractivity contribution in [2.75, 3.05) is 19.0 Å². The molecule has 1 aliphatic carbocycles. The van der Waals surface area contributed by atoms with Crippen LogP contribution < -0.4 is 5.32 Å². The number of rotatable bonds is 8. The first-order valence-corrected chi connectivity index (χ1v) is 8.37. The molecule has 0 amide bonds. The minimum Gasteiger partial charge on any atom is -0.479 e. The Bertz CT molecular complexity index is 692. The molecule has 126 valence electrons. The third kappa shape index (κ3) is 4.36. The van der Waals surface area contributed by atoms with E-state index in [0.717, 1.165) is 35.2 Å². The maximum Gasteiger partial charge on any atom is 0.333 e. The van der Waals surface area contributed by atoms with Crippen LogP contribution in [0.5, 0.6) is 0 Å². The number of hydrogen-bond acceptors (Lipinski definition) is 3. The molecule has 2 N–H and O–H groups in total. The number of carboxylic acids is 1. The minimum atomic E-state index is -0.888. The van der Waals surface area contributed by atoms with Crippen molar-refractivity contribution in [1.29, 1.82) is 0 Å². The van der Waals surface area contributed by atoms with Crippen molar-refractivity contribution in [2.45, 2.75) is 25.4 Å². The molecule has 24 heavy (non-hydrogen) atoms. The van der Waals surface area contributed by atoms with Crippen molar-refractivity contribution in [3.63, 3.8) is 0 Å². The summed E-state index contributed by atoms with van der Waals surface area (Å²) in [5.74, 6) is -0.324. The number of ether oxygens (including phenoxy) is 1. The number of carboxylic acid groups (broad SMARTS) is 1. The first-order valence-electron chi connectivity index (χ1n) is 8.37. The molecule has 1 atom stereocenters. The number of carbonyl (C=O) groups is 1. The average molecular weight is 325 g/mol. The molecule has 0 aromatic heterocycles. The van der Waals surface area contributed by atoms with Gasteiger partial charge >= 0.3 is 5.97 Å². The summed E-state index contributed by atoms with van der Waals surface area (Å²) in [7, 11) is 1.90. The molecular formula is C20H23NO3. The fourth-order valence-corrected chi connectivity index (χ4v) is 2.66. The maximum absolute atomic E-state index is 11.4. The lowest BCUT2D eigenvalue weighted by Gasteiger charge is -2.14. The third-order valence-corrected chi connectivity index (χ3v) is 4.37. The predicted octanol–water partition coefficient (Wildman–Crippen LogP) is 3.82. The first-order chi connectivity index (χ1) is 11.7. The summed E-state index contributed by atoms with van der Waals surface area (Å²) in [6.07, 6.45) is 1.96. The van der Waals surface area contributed by atoms with Gasteiger partial charge in [-0.15, -0.1) is 0 Å². The summed E-state index contributed by atoms with van der Waals surface area (Å²) in [4.78, 5) is 11.4. The maximum atomic E-state index is 11.4. The molecule has 0 saturated heterocycles. The molecule has 0 bridgehead atoms. The fraction of sp³-hybridized carbons (Fsp3) is 0.350. The number of anilines is 1. The topological polar surface area (TPSA) is 58.6 Å². The molecule has 0 radical (unpaired) electrons. The van der Waals surface area contributed by atoms with Crippen molar-refractivity contribution in [3.8, 4) is 11.1 Å². The van der Waals surface area contributed by atoms with Crippen LogP contribution in [-0.4, -0.2) is 30.8 Å². The minimum absolute atomic E-state index is 0.402. The highest BCUT2D eigenvalue weighted by molar-refractivity contribution is 5.73. The Balaban J connectivity index is 1.67. The van der Waals surface area contributed by atoms with Gasteiger partial charge in [-0.1, -0.05) is 36.4 Å². The Hall–Kier alpha value is -2.33. The summed E-state index contributed by atoms with van der Waals surface area (Å²) >= 11 is 0. The molecule has 1 fully saturated rings. The van der Waals surface area contributed by atoms with E-state index < -0.39 is 12.1 Å². The fourth-order valence-electron chi connectivity index (χ4n) is 2.66. The van der Waals surface area contributed by atoms with Crippen LogP contribution in [-0.2, 0) is 16.0 Å². The molecule has 4 heteroatoms. The van der Waals surface area contributed by atoms with Gasteiger partial charge in [-0.2, -0.15) is 0 Å². The molecule has 1 aliphatic rings. The van der Waals surface area contributed by atoms with E-state index in [1.54, 1.807) is 0 Å². The number of hydrogen-bond donors (Lipinski definition) is 2. The monoisotopic (exact) mass is 325 g/mol. The predicted molar refractivity (Wildman–Crippen MR) is 95.2 cm³/mol. The lowest BCUT2D eigenvalue weighted by Crippen LogP contribution is -2.27. The van der Waals surface area contributed by atoms with Crippen molar-refractivity contribution >= 4 is 11.7 Å². The number of benzene rings is 2. The lowest BCUT2D eigenvalue weighted by atomic mass is 10.0. The van der Waals surface area contributed by atoms with Gasteiger partial charge < -0.3 is 15.2 Å². The third-order valence-electron chi connectivity index (χ3n) is 4.37. The zero-order valence-electron chi connectivity index (χ0n) is 13.9. The van der Waals surface area contributed by atoms with Gasteiger partial charge in [0, 0.05) is 19.2 Å². The molecule has 3 rings (SSSR count). The van der Waals surface area contributed by atoms with E-state index >= 15 is 0 Å². The van der Waals surface area contributed by atoms with Crippen molar-refractivity contribution < 1.29 is 14.6 Å². The summed E-state index contributed by atoms with van der Waals surface area (Å²) in [6, 6.07) is 16.2. The van der Waals surface area contributed by atoms with Crippen molar-refractivity contribution in [2.24, 2.45) is 5.92 Å². The second kappa shape index (κ2) is 7.49. The molecule has 0 aliphatic heterocycles. The van der Waals surface area contributed by atoms with Crippen LogP contribution in [0.4, 0.5) is 5.69 Å². The quantitative estimate of drug-likeness (QED) is 0.775. The van der Waals surface area contributed by atoms with Gasteiger partial charge in [0.05, 0.1) is 6.61 Å². The zero-order valence-corrected chi connectivity index (χ0v) is 13.9. The van der Waals surface area contributed by atoms with E-state index in [1.807, 2.05) is 43.4 Å². The highest BCUT2D eigenvalue weighted by Crippen LogP contribution is 2.29. The van der Waals surface area contributed by atoms with Gasteiger partial charge in [0.15, 0.2) is 6.10 Å². The zero-order chi connectivity index (χ0) is 16.9. The highest BCUT2D eigenvalue weighted by Gasteiger charge is 2.26. The van der Waals surface area contributed by atoms with E-state index in [0.29, 0.717) is 18.9 Å². The Morgan fingerprint density at radius 3 is 2.58 bits per heavy atom. The van der Waals surface area contributed by atoms with Crippen LogP contribution in [0, 0.1) is 5.92 Å². The van der Waals surface area contributed by atoms with E-state index in [4.69, 9.17) is 4.74 Å². The molecular weight excluding hydrogens is 302 g/mol. The Labute approximate surface area is 142 Å². The molecule has 0 heterocycles. The molecule has 1 saturated carbocycles. The Morgan fingerprint density at radius 1 is 1.21 bits per heavy atom. The first kappa shape index (κ1) is 16.5. The van der Waals surface area contributed by atoms with Gasteiger partial charge in [-0.25, -0.2) is 4.79 Å². The van der Waals surface area contributed by atoms with E-state index in [9.17, 15) is 9.90 Å². The number of aliphatic carboxylic acids is 1. The average Bonchev–Trinajstić information content (AvgIpc) is 3.43. The molecule has 0 spiro atoms. The van der Waals surface area contributed by atoms with E-state index in [2.05, 4.69) is 17.4 Å². The smallest absolute Gasteiger partial charge is 0.333 e. The highest BCUT2D eigenvalue weighted by atomic mass is 16.5. The molecule has 2 aromatic rings. The molecule has 4 nitrogen and oxygen atoms in total. The van der Waals surface area contributed by atoms with Crippen molar-refractivity contribution in [3.05, 3.63) is 54.1 Å². The second-order valence-electron chi connectivity index (χ2n) is 6.34. The summed E-state index contributed by atoms with van der Waals surface area (Å²) in [6.45, 7) is 0.561. The van der Waals surface area contributed by atoms with Crippen LogP contribution in [0.25, 0.3) is 11.1 Å². The van der Waals surface area contributed by atoms with Gasteiger partial charge in [0.2, 0.25) is 0 Å². The Kier molecular flexibility index (Phi) is 5.16. The van der Waals surface area contributed by atoms with Gasteiger partial charge in [-0.05, 0) is 47.6 Å². The standard InChI is InChI=1S/C20H23NO3/c1-21-18-4-2-3-17(12-18)16-9-7-14(8-10-16)11-19(20(22)23)24-13-15-5-6-15/h2-4,7-10,12,15,19,21H,5-6,11,13H2,1H3,(H,22,23). The van der Waals surface area contributed by atoms with E-state index in [1.165, 1.54) is 0 Å². The van der Waals surface area contributed by atoms with Gasteiger partial charge in [-0.3, -0.25) is 0 Å². The SMILES string of the molecule is CNc1cccc(-c2ccc(CC(OCC3CC3)C(=O)O)cc2)c1. The van der Waals surface area contributed by atoms with Gasteiger partial charge in [0.1, 0.15) is 0 Å². The van der Waals surface area contributed by atoms with Crippen LogP contribution in [0.15, 0.2) is 48.5 Å². The van der Waals surface area contributed by atoms with Crippen LogP contribution >= 0.6 is 0 Å². The molecule has 2 aromatic carbocycles. The second-order valence-corrected chi connectivity index (χ2v) is 6.34. The largest absolute Gasteiger partial charge is 0.479 e. The normalized spacial score (nSPS) is 15.0. The summed E-state index contributed by atoms with van der Waals surface area (Å²) in [5, 5.41) is 12.5. The summed E-state index contributed by atoms with van der Waals surface area (Å²) < 4.78 is 5.57. The van der Waals surface area contributed by atoms with Crippen LogP contribution in [0.2, 0.25) is 0 Å². The van der Waals surface area contributed by atoms with Gasteiger partial charge in [0.25, 0.3) is 0 Å². The van der Waals surface area contributed by atoms with Crippen LogP contribution in [0.1, 0.15) is 18.4 Å². The van der Waals surface area contributed by atoms with E-state index in [-0.39, 0.29) is 0 Å². The Morgan fingerprint density at radius 2 is 1.96 bits per heavy atom. The number of nitrogens with one attached hydrogen (secondary N) is 1. The molecule has 1 unspecified atom stereocenters. The summed E-state index contributed by atoms with van der Waals surface area (Å²) in [5.41, 5.74) is 4.29. The van der Waals surface area contributed by atoms with Crippen molar-refractivity contribution in [1.82, 2.24) is 0 Å². The lowest BCUT2D eigenvalue weighted by molar-refractivity contribution is -0.150. The van der Waals surface area contributed by atoms with Crippen LogP contribution in [0.3, 0.4) is 0 Å².